The third kappa shape index (κ3) is 3.42. The van der Waals surface area contributed by atoms with E-state index in [9.17, 15) is 10.1 Å². The van der Waals surface area contributed by atoms with Gasteiger partial charge in [-0.2, -0.15) is 5.26 Å². The Kier molecular flexibility index (Phi) is 4.54. The normalized spacial score (nSPS) is 10.1. The fourth-order valence-corrected chi connectivity index (χ4v) is 2.87. The maximum Gasteiger partial charge on any atom is 0.347 e. The minimum Gasteiger partial charge on any atom is -0.488 e. The highest BCUT2D eigenvalue weighted by atomic mass is 32.1. The van der Waals surface area contributed by atoms with E-state index in [0.717, 1.165) is 16.9 Å². The Morgan fingerprint density at radius 2 is 2.04 bits per heavy atom. The number of carboxylic acid groups (broad SMARTS) is 1. The zero-order valence-electron chi connectivity index (χ0n) is 12.5. The zero-order valence-corrected chi connectivity index (χ0v) is 13.3. The molecular formula is C18H12N2O3S. The number of carboxylic acids is 1. The number of hydrogen-bond acceptors (Lipinski definition) is 5. The Bertz CT molecular complexity index is 914. The molecule has 1 aromatic heterocycles. The van der Waals surface area contributed by atoms with Gasteiger partial charge in [-0.05, 0) is 23.8 Å². The van der Waals surface area contributed by atoms with Gasteiger partial charge in [0.15, 0.2) is 0 Å². The minimum absolute atomic E-state index is 0.160. The van der Waals surface area contributed by atoms with E-state index in [-0.39, 0.29) is 4.88 Å². The van der Waals surface area contributed by atoms with E-state index in [1.807, 2.05) is 30.3 Å². The van der Waals surface area contributed by atoms with Crippen LogP contribution in [0.5, 0.6) is 5.75 Å². The average molecular weight is 336 g/mol. The molecule has 0 atom stereocenters. The predicted octanol–water partition coefficient (Wildman–Crippen LogP) is 3.96. The highest BCUT2D eigenvalue weighted by Crippen LogP contribution is 2.29. The van der Waals surface area contributed by atoms with Gasteiger partial charge in [0.25, 0.3) is 0 Å². The molecule has 5 nitrogen and oxygen atoms in total. The largest absolute Gasteiger partial charge is 0.488 e. The fourth-order valence-electron chi connectivity index (χ4n) is 2.12. The first-order chi connectivity index (χ1) is 11.7. The van der Waals surface area contributed by atoms with Gasteiger partial charge in [-0.15, -0.1) is 11.3 Å². The number of carbonyl (C=O) groups is 1. The third-order valence-corrected chi connectivity index (χ3v) is 4.34. The number of ether oxygens (including phenoxy) is 1. The SMILES string of the molecule is N#Cc1cc(-c2ncc(C(=O)O)s2)ccc1OCc1ccccc1. The quantitative estimate of drug-likeness (QED) is 0.762. The Hall–Kier alpha value is -3.17. The molecule has 0 unspecified atom stereocenters. The first-order valence-corrected chi connectivity index (χ1v) is 7.89. The maximum atomic E-state index is 10.9. The summed E-state index contributed by atoms with van der Waals surface area (Å²) in [6, 6.07) is 16.9. The van der Waals surface area contributed by atoms with Gasteiger partial charge in [0.05, 0.1) is 11.8 Å². The van der Waals surface area contributed by atoms with Crippen molar-refractivity contribution in [3.8, 4) is 22.4 Å². The molecule has 0 bridgehead atoms. The van der Waals surface area contributed by atoms with E-state index in [2.05, 4.69) is 11.1 Å². The van der Waals surface area contributed by atoms with E-state index >= 15 is 0 Å². The number of hydrogen-bond donors (Lipinski definition) is 1. The minimum atomic E-state index is -1.01. The molecule has 1 N–H and O–H groups in total. The molecule has 0 saturated carbocycles. The molecule has 118 valence electrons. The molecule has 0 amide bonds. The van der Waals surface area contributed by atoms with E-state index in [4.69, 9.17) is 9.84 Å². The first kappa shape index (κ1) is 15.7. The fraction of sp³-hybridized carbons (Fsp3) is 0.0556. The Morgan fingerprint density at radius 3 is 2.71 bits per heavy atom. The highest BCUT2D eigenvalue weighted by Gasteiger charge is 2.12. The lowest BCUT2D eigenvalue weighted by molar-refractivity contribution is 0.0702. The molecule has 0 fully saturated rings. The van der Waals surface area contributed by atoms with E-state index < -0.39 is 5.97 Å². The van der Waals surface area contributed by atoms with Gasteiger partial charge in [0.2, 0.25) is 0 Å². The molecule has 3 rings (SSSR count). The van der Waals surface area contributed by atoms with Gasteiger partial charge >= 0.3 is 5.97 Å². The summed E-state index contributed by atoms with van der Waals surface area (Å²) in [5.74, 6) is -0.526. The second kappa shape index (κ2) is 6.94. The number of nitrogens with zero attached hydrogens (tertiary/aromatic N) is 2. The predicted molar refractivity (Wildman–Crippen MR) is 90.0 cm³/mol. The summed E-state index contributed by atoms with van der Waals surface area (Å²) >= 11 is 1.07. The van der Waals surface area contributed by atoms with Crippen molar-refractivity contribution in [2.45, 2.75) is 6.61 Å². The Labute approximate surface area is 142 Å². The molecule has 0 aliphatic heterocycles. The average Bonchev–Trinajstić information content (AvgIpc) is 3.11. The zero-order chi connectivity index (χ0) is 16.9. The molecule has 0 aliphatic rings. The number of aromatic nitrogens is 1. The molecular weight excluding hydrogens is 324 g/mol. The van der Waals surface area contributed by atoms with E-state index in [0.29, 0.717) is 28.5 Å². The molecule has 0 radical (unpaired) electrons. The summed E-state index contributed by atoms with van der Waals surface area (Å²) in [4.78, 5) is 15.2. The highest BCUT2D eigenvalue weighted by molar-refractivity contribution is 7.16. The van der Waals surface area contributed by atoms with Crippen LogP contribution in [0.1, 0.15) is 20.8 Å². The lowest BCUT2D eigenvalue weighted by atomic mass is 10.1. The van der Waals surface area contributed by atoms with Crippen molar-refractivity contribution in [2.75, 3.05) is 0 Å². The van der Waals surface area contributed by atoms with Crippen molar-refractivity contribution in [3.05, 3.63) is 70.7 Å². The topological polar surface area (TPSA) is 83.2 Å². The molecule has 2 aromatic carbocycles. The maximum absolute atomic E-state index is 10.9. The standard InChI is InChI=1S/C18H12N2O3S/c19-9-14-8-13(17-20-10-16(24-17)18(21)22)6-7-15(14)23-11-12-4-2-1-3-5-12/h1-8,10H,11H2,(H,21,22). The third-order valence-electron chi connectivity index (χ3n) is 3.30. The Balaban J connectivity index is 1.82. The van der Waals surface area contributed by atoms with Crippen molar-refractivity contribution in [1.29, 1.82) is 5.26 Å². The first-order valence-electron chi connectivity index (χ1n) is 7.08. The van der Waals surface area contributed by atoms with Crippen LogP contribution >= 0.6 is 11.3 Å². The summed E-state index contributed by atoms with van der Waals surface area (Å²) in [6.45, 7) is 0.370. The molecule has 0 saturated heterocycles. The van der Waals surface area contributed by atoms with E-state index in [1.54, 1.807) is 18.2 Å². The van der Waals surface area contributed by atoms with Crippen LogP contribution in [0.2, 0.25) is 0 Å². The van der Waals surface area contributed by atoms with Gasteiger partial charge in [-0.25, -0.2) is 9.78 Å². The lowest BCUT2D eigenvalue weighted by Gasteiger charge is -2.09. The van der Waals surface area contributed by atoms with Crippen molar-refractivity contribution >= 4 is 17.3 Å². The van der Waals surface area contributed by atoms with Crippen LogP contribution in [-0.4, -0.2) is 16.1 Å². The van der Waals surface area contributed by atoms with Gasteiger partial charge in [-0.3, -0.25) is 0 Å². The van der Waals surface area contributed by atoms with Gasteiger partial charge < -0.3 is 9.84 Å². The molecule has 0 aliphatic carbocycles. The molecule has 24 heavy (non-hydrogen) atoms. The lowest BCUT2D eigenvalue weighted by Crippen LogP contribution is -1.97. The molecule has 6 heteroatoms. The van der Waals surface area contributed by atoms with Crippen molar-refractivity contribution < 1.29 is 14.6 Å². The monoisotopic (exact) mass is 336 g/mol. The van der Waals surface area contributed by atoms with Crippen LogP contribution in [0.4, 0.5) is 0 Å². The summed E-state index contributed by atoms with van der Waals surface area (Å²) < 4.78 is 5.71. The summed E-state index contributed by atoms with van der Waals surface area (Å²) in [6.07, 6.45) is 1.31. The van der Waals surface area contributed by atoms with E-state index in [1.165, 1.54) is 6.20 Å². The van der Waals surface area contributed by atoms with Crippen molar-refractivity contribution in [3.63, 3.8) is 0 Å². The summed E-state index contributed by atoms with van der Waals surface area (Å²) in [5, 5.41) is 18.9. The molecule has 1 heterocycles. The van der Waals surface area contributed by atoms with Crippen LogP contribution in [0.25, 0.3) is 10.6 Å². The number of nitriles is 1. The van der Waals surface area contributed by atoms with Gasteiger partial charge in [0.1, 0.15) is 28.3 Å². The van der Waals surface area contributed by atoms with Gasteiger partial charge in [-0.1, -0.05) is 30.3 Å². The van der Waals surface area contributed by atoms with Crippen LogP contribution in [0.3, 0.4) is 0 Å². The number of aromatic carboxylic acids is 1. The second-order valence-corrected chi connectivity index (χ2v) is 5.96. The Morgan fingerprint density at radius 1 is 1.25 bits per heavy atom. The summed E-state index contributed by atoms with van der Waals surface area (Å²) in [5.41, 5.74) is 2.09. The number of rotatable bonds is 5. The van der Waals surface area contributed by atoms with Crippen LogP contribution in [0.15, 0.2) is 54.7 Å². The van der Waals surface area contributed by atoms with Crippen molar-refractivity contribution in [1.82, 2.24) is 4.98 Å². The number of thiazole rings is 1. The molecule has 0 spiro atoms. The second-order valence-electron chi connectivity index (χ2n) is 4.93. The van der Waals surface area contributed by atoms with Crippen LogP contribution < -0.4 is 4.74 Å². The van der Waals surface area contributed by atoms with Crippen molar-refractivity contribution in [2.24, 2.45) is 0 Å². The number of benzene rings is 2. The smallest absolute Gasteiger partial charge is 0.347 e. The van der Waals surface area contributed by atoms with Crippen LogP contribution in [-0.2, 0) is 6.61 Å². The van der Waals surface area contributed by atoms with Crippen LogP contribution in [0, 0.1) is 11.3 Å². The molecule has 3 aromatic rings. The summed E-state index contributed by atoms with van der Waals surface area (Å²) in [7, 11) is 0. The van der Waals surface area contributed by atoms with Gasteiger partial charge in [0, 0.05) is 5.56 Å².